The molecule has 0 aliphatic carbocycles. The van der Waals surface area contributed by atoms with E-state index in [9.17, 15) is 9.90 Å². The van der Waals surface area contributed by atoms with Gasteiger partial charge in [0.05, 0.1) is 25.3 Å². The molecule has 5 rings (SSSR count). The Hall–Kier alpha value is -5.05. The van der Waals surface area contributed by atoms with Crippen molar-refractivity contribution in [2.75, 3.05) is 65.4 Å². The van der Waals surface area contributed by atoms with E-state index >= 15 is 16.8 Å². The van der Waals surface area contributed by atoms with E-state index in [1.165, 1.54) is 15.2 Å². The number of hydrogen-bond donors (Lipinski definition) is 3. The fourth-order valence-electron chi connectivity index (χ4n) is 7.25. The topological polar surface area (TPSA) is 211 Å². The maximum atomic E-state index is 16.1. The fraction of sp³-hybridized carbons (Fsp3) is 0.490. The van der Waals surface area contributed by atoms with Gasteiger partial charge in [-0.05, 0) is 89.5 Å². The number of sulfonamides is 2. The lowest BCUT2D eigenvalue weighted by Crippen LogP contribution is -2.50. The number of nitrogens with zero attached hydrogens (tertiary/aromatic N) is 7. The molecular weight excluding hydrogens is 1000 g/mol. The second-order valence-electron chi connectivity index (χ2n) is 21.4. The van der Waals surface area contributed by atoms with Crippen LogP contribution in [0, 0.1) is 0 Å². The molecule has 3 N–H and O–H groups in total. The van der Waals surface area contributed by atoms with E-state index in [1.807, 2.05) is 126 Å². The van der Waals surface area contributed by atoms with Crippen molar-refractivity contribution < 1.29 is 40.3 Å². The number of benzene rings is 4. The fourth-order valence-corrected chi connectivity index (χ4v) is 13.1. The summed E-state index contributed by atoms with van der Waals surface area (Å²) in [6.07, 6.45) is -2.26. The van der Waals surface area contributed by atoms with E-state index in [2.05, 4.69) is 59.1 Å². The Morgan fingerprint density at radius 3 is 1.86 bits per heavy atom. The maximum absolute atomic E-state index is 16.1. The van der Waals surface area contributed by atoms with Gasteiger partial charge in [-0.25, -0.2) is 26.4 Å². The Labute approximate surface area is 435 Å². The summed E-state index contributed by atoms with van der Waals surface area (Å²) in [6, 6.07) is 28.3. The number of aromatic nitrogens is 4. The number of carbonyl (C=O) groups is 1. The quantitative estimate of drug-likeness (QED) is 0.0447. The average Bonchev–Trinajstić information content (AvgIpc) is 3.79. The molecule has 1 aromatic heterocycles. The van der Waals surface area contributed by atoms with Gasteiger partial charge in [-0.2, -0.15) is 9.10 Å². The van der Waals surface area contributed by atoms with E-state index in [0.29, 0.717) is 48.8 Å². The Morgan fingerprint density at radius 2 is 1.33 bits per heavy atom. The number of anilines is 1. The van der Waals surface area contributed by atoms with Crippen LogP contribution in [0.2, 0.25) is 36.3 Å². The molecular formula is C51H77N9O9S2Si2. The van der Waals surface area contributed by atoms with Crippen molar-refractivity contribution in [3.05, 3.63) is 114 Å². The smallest absolute Gasteiger partial charge is 0.404 e. The molecule has 18 nitrogen and oxygen atoms in total. The SMILES string of the molecule is COc1ccc(Cn2nnc(-c3c(N(C)CCN(C)CCO[Si](C)(C)C(C)(C)C)ccc(S(=O)(=O)NCC(CNC(=O)O)O[Si](C)(C)C(C)(C)C)c3S(=O)(=O)N(Cc3ccccc3)Cc3ccccc3)n2)cc1. The van der Waals surface area contributed by atoms with Gasteiger partial charge in [-0.1, -0.05) is 114 Å². The van der Waals surface area contributed by atoms with Crippen molar-refractivity contribution in [3.8, 4) is 17.1 Å². The van der Waals surface area contributed by atoms with Gasteiger partial charge in [-0.15, -0.1) is 10.2 Å². The Morgan fingerprint density at radius 1 is 0.753 bits per heavy atom. The number of tetrazole rings is 1. The second-order valence-corrected chi connectivity index (χ2v) is 34.6. The lowest BCUT2D eigenvalue weighted by atomic mass is 10.1. The first kappa shape index (κ1) is 58.8. The largest absolute Gasteiger partial charge is 0.497 e. The monoisotopic (exact) mass is 1080 g/mol. The zero-order chi connectivity index (χ0) is 54.0. The molecule has 1 unspecified atom stereocenters. The predicted molar refractivity (Wildman–Crippen MR) is 292 cm³/mol. The minimum atomic E-state index is -4.86. The van der Waals surface area contributed by atoms with Gasteiger partial charge >= 0.3 is 6.09 Å². The van der Waals surface area contributed by atoms with Crippen LogP contribution >= 0.6 is 0 Å². The molecule has 0 radical (unpaired) electrons. The van der Waals surface area contributed by atoms with E-state index in [1.54, 1.807) is 25.3 Å². The summed E-state index contributed by atoms with van der Waals surface area (Å²) in [4.78, 5) is 16.0. The van der Waals surface area contributed by atoms with Gasteiger partial charge < -0.3 is 33.8 Å². The number of likely N-dealkylation sites (N-methyl/N-ethyl adjacent to an activating group) is 2. The molecule has 0 aliphatic rings. The van der Waals surface area contributed by atoms with Gasteiger partial charge in [0, 0.05) is 65.2 Å². The van der Waals surface area contributed by atoms with Crippen LogP contribution in [-0.2, 0) is 48.5 Å². The minimum absolute atomic E-state index is 0.0510. The van der Waals surface area contributed by atoms with Crippen LogP contribution in [0.15, 0.2) is 107 Å². The third-order valence-corrected chi connectivity index (χ3v) is 26.3. The summed E-state index contributed by atoms with van der Waals surface area (Å²) < 4.78 is 84.8. The molecule has 5 aromatic rings. The summed E-state index contributed by atoms with van der Waals surface area (Å²) in [5.74, 6) is 0.539. The van der Waals surface area contributed by atoms with Crippen LogP contribution in [-0.4, -0.2) is 141 Å². The third-order valence-electron chi connectivity index (χ3n) is 13.8. The second kappa shape index (κ2) is 24.5. The number of ether oxygens (including phenoxy) is 1. The standard InChI is InChI=1S/C51H77N9O9S2Si2/c1-50(2,3)72(10,11)68-33-32-57(7)30-31-58(8)44-28-29-45(70(63,64)53-35-43(34-52-49(61)62)69-73(12,13)51(4,5)6)47(46(44)48-54-56-60(55-48)38-41-24-26-42(67-9)27-25-41)71(65,66)59(36-39-20-16-14-17-21-39)37-40-22-18-15-19-23-40/h14-29,43,52-53H,30-38H2,1-13H3,(H,61,62). The van der Waals surface area contributed by atoms with Crippen molar-refractivity contribution in [2.24, 2.45) is 0 Å². The molecule has 0 saturated heterocycles. The first-order chi connectivity index (χ1) is 34.0. The Kier molecular flexibility index (Phi) is 19.8. The number of hydrogen-bond acceptors (Lipinski definition) is 13. The normalized spacial score (nSPS) is 13.4. The van der Waals surface area contributed by atoms with Crippen LogP contribution in [0.5, 0.6) is 5.75 Å². The van der Waals surface area contributed by atoms with Gasteiger partial charge in [-0.3, -0.25) is 0 Å². The molecule has 4 aromatic carbocycles. The number of rotatable bonds is 26. The van der Waals surface area contributed by atoms with E-state index in [-0.39, 0.29) is 54.2 Å². The number of carboxylic acid groups (broad SMARTS) is 1. The van der Waals surface area contributed by atoms with E-state index < -0.39 is 58.7 Å². The van der Waals surface area contributed by atoms with E-state index in [0.717, 1.165) is 5.56 Å². The summed E-state index contributed by atoms with van der Waals surface area (Å²) in [7, 11) is -8.87. The summed E-state index contributed by atoms with van der Waals surface area (Å²) >= 11 is 0. The highest BCUT2D eigenvalue weighted by Gasteiger charge is 2.42. The van der Waals surface area contributed by atoms with E-state index in [4.69, 9.17) is 18.7 Å². The highest BCUT2D eigenvalue weighted by Crippen LogP contribution is 2.42. The Bertz CT molecular complexity index is 2770. The number of amides is 1. The molecule has 0 fully saturated rings. The van der Waals surface area contributed by atoms with Crippen molar-refractivity contribution >= 4 is 48.5 Å². The van der Waals surface area contributed by atoms with Crippen LogP contribution in [0.1, 0.15) is 58.2 Å². The molecule has 0 saturated carbocycles. The molecule has 22 heteroatoms. The molecule has 0 aliphatic heterocycles. The van der Waals surface area contributed by atoms with Gasteiger partial charge in [0.1, 0.15) is 15.5 Å². The van der Waals surface area contributed by atoms with Crippen molar-refractivity contribution in [1.82, 2.24) is 39.5 Å². The molecule has 1 atom stereocenters. The number of methoxy groups -OCH3 is 1. The summed E-state index contributed by atoms with van der Waals surface area (Å²) in [5.41, 5.74) is 2.42. The average molecular weight is 1080 g/mol. The van der Waals surface area contributed by atoms with Crippen LogP contribution in [0.3, 0.4) is 0 Å². The molecule has 73 heavy (non-hydrogen) atoms. The highest BCUT2D eigenvalue weighted by molar-refractivity contribution is 7.92. The lowest BCUT2D eigenvalue weighted by molar-refractivity contribution is 0.163. The Balaban J connectivity index is 1.71. The predicted octanol–water partition coefficient (Wildman–Crippen LogP) is 8.11. The highest BCUT2D eigenvalue weighted by atomic mass is 32.2. The van der Waals surface area contributed by atoms with Crippen molar-refractivity contribution in [2.45, 2.75) is 113 Å². The van der Waals surface area contributed by atoms with Crippen LogP contribution < -0.4 is 19.7 Å². The first-order valence-corrected chi connectivity index (χ1v) is 33.1. The zero-order valence-corrected chi connectivity index (χ0v) is 48.5. The maximum Gasteiger partial charge on any atom is 0.404 e. The summed E-state index contributed by atoms with van der Waals surface area (Å²) in [6.45, 7) is 22.4. The van der Waals surface area contributed by atoms with Gasteiger partial charge in [0.15, 0.2) is 16.6 Å². The van der Waals surface area contributed by atoms with Crippen LogP contribution in [0.4, 0.5) is 10.5 Å². The molecule has 400 valence electrons. The summed E-state index contributed by atoms with van der Waals surface area (Å²) in [5, 5.41) is 25.3. The molecule has 1 amide bonds. The van der Waals surface area contributed by atoms with Crippen LogP contribution in [0.25, 0.3) is 11.4 Å². The number of nitrogens with one attached hydrogen (secondary N) is 2. The molecule has 0 spiro atoms. The van der Waals surface area contributed by atoms with Gasteiger partial charge in [0.25, 0.3) is 0 Å². The van der Waals surface area contributed by atoms with Crippen molar-refractivity contribution in [1.29, 1.82) is 0 Å². The zero-order valence-electron chi connectivity index (χ0n) is 44.8. The van der Waals surface area contributed by atoms with Gasteiger partial charge in [0.2, 0.25) is 25.9 Å². The van der Waals surface area contributed by atoms with Crippen molar-refractivity contribution in [3.63, 3.8) is 0 Å². The molecule has 1 heterocycles. The minimum Gasteiger partial charge on any atom is -0.497 e. The lowest BCUT2D eigenvalue weighted by Gasteiger charge is -2.39. The molecule has 0 bridgehead atoms. The third kappa shape index (κ3) is 16.0. The first-order valence-electron chi connectivity index (χ1n) is 24.4.